The largest absolute Gasteiger partial charge is 0.493 e. The number of anilines is 1. The molecule has 106 valence electrons. The molecule has 5 heteroatoms. The van der Waals surface area contributed by atoms with Gasteiger partial charge in [0.2, 0.25) is 0 Å². The highest BCUT2D eigenvalue weighted by Gasteiger charge is 2.07. The van der Waals surface area contributed by atoms with E-state index in [0.717, 1.165) is 30.0 Å². The number of nitrogens with zero attached hydrogens (tertiary/aromatic N) is 2. The molecule has 20 heavy (non-hydrogen) atoms. The summed E-state index contributed by atoms with van der Waals surface area (Å²) in [4.78, 5) is 8.50. The van der Waals surface area contributed by atoms with Crippen molar-refractivity contribution in [3.8, 4) is 22.8 Å². The average Bonchev–Trinajstić information content (AvgIpc) is 2.52. The number of rotatable bonds is 6. The number of ether oxygens (including phenoxy) is 2. The standard InChI is InChI=1S/C15H19N3O2/c1-4-7-16-15-9-12(17-10-18-15)11-5-6-13(19-2)14(8-11)20-3/h5-6,8-10H,4,7H2,1-3H3,(H,16,17,18). The van der Waals surface area contributed by atoms with Gasteiger partial charge in [0.05, 0.1) is 19.9 Å². The smallest absolute Gasteiger partial charge is 0.161 e. The fourth-order valence-electron chi connectivity index (χ4n) is 1.86. The number of aromatic nitrogens is 2. The minimum absolute atomic E-state index is 0.687. The molecule has 0 unspecified atom stereocenters. The van der Waals surface area contributed by atoms with E-state index in [1.165, 1.54) is 0 Å². The molecule has 2 rings (SSSR count). The van der Waals surface area contributed by atoms with Gasteiger partial charge in [0.1, 0.15) is 12.1 Å². The van der Waals surface area contributed by atoms with Crippen LogP contribution in [0.25, 0.3) is 11.3 Å². The summed E-state index contributed by atoms with van der Waals surface area (Å²) in [6, 6.07) is 7.66. The number of hydrogen-bond acceptors (Lipinski definition) is 5. The first-order valence-electron chi connectivity index (χ1n) is 6.56. The van der Waals surface area contributed by atoms with Crippen molar-refractivity contribution in [1.29, 1.82) is 0 Å². The van der Waals surface area contributed by atoms with Gasteiger partial charge in [-0.25, -0.2) is 9.97 Å². The van der Waals surface area contributed by atoms with E-state index in [1.54, 1.807) is 20.5 Å². The van der Waals surface area contributed by atoms with Gasteiger partial charge in [-0.2, -0.15) is 0 Å². The van der Waals surface area contributed by atoms with E-state index in [1.807, 2.05) is 24.3 Å². The van der Waals surface area contributed by atoms with Crippen molar-refractivity contribution in [2.75, 3.05) is 26.1 Å². The van der Waals surface area contributed by atoms with Gasteiger partial charge in [-0.3, -0.25) is 0 Å². The lowest BCUT2D eigenvalue weighted by Gasteiger charge is -2.10. The highest BCUT2D eigenvalue weighted by Crippen LogP contribution is 2.31. The maximum atomic E-state index is 5.31. The molecule has 0 bridgehead atoms. The molecule has 0 aliphatic carbocycles. The molecular formula is C15H19N3O2. The van der Waals surface area contributed by atoms with Crippen molar-refractivity contribution < 1.29 is 9.47 Å². The number of benzene rings is 1. The maximum Gasteiger partial charge on any atom is 0.161 e. The minimum atomic E-state index is 0.687. The number of nitrogens with one attached hydrogen (secondary N) is 1. The zero-order valence-electron chi connectivity index (χ0n) is 12.0. The Morgan fingerprint density at radius 2 is 1.85 bits per heavy atom. The Balaban J connectivity index is 2.31. The average molecular weight is 273 g/mol. The summed E-state index contributed by atoms with van der Waals surface area (Å²) in [5.74, 6) is 2.22. The van der Waals surface area contributed by atoms with Crippen molar-refractivity contribution in [3.63, 3.8) is 0 Å². The van der Waals surface area contributed by atoms with Crippen LogP contribution in [0.2, 0.25) is 0 Å². The third-order valence-electron chi connectivity index (χ3n) is 2.90. The molecular weight excluding hydrogens is 254 g/mol. The van der Waals surface area contributed by atoms with E-state index in [2.05, 4.69) is 22.2 Å². The normalized spacial score (nSPS) is 10.2. The van der Waals surface area contributed by atoms with Gasteiger partial charge in [-0.1, -0.05) is 6.92 Å². The molecule has 0 spiro atoms. The molecule has 0 amide bonds. The Hall–Kier alpha value is -2.30. The summed E-state index contributed by atoms with van der Waals surface area (Å²) in [5.41, 5.74) is 1.81. The second-order valence-corrected chi connectivity index (χ2v) is 4.29. The van der Waals surface area contributed by atoms with Crippen LogP contribution in [0.3, 0.4) is 0 Å². The molecule has 0 radical (unpaired) electrons. The van der Waals surface area contributed by atoms with Crippen molar-refractivity contribution in [1.82, 2.24) is 9.97 Å². The van der Waals surface area contributed by atoms with Crippen LogP contribution in [0.1, 0.15) is 13.3 Å². The van der Waals surface area contributed by atoms with Crippen LogP contribution in [0, 0.1) is 0 Å². The van der Waals surface area contributed by atoms with Crippen LogP contribution < -0.4 is 14.8 Å². The predicted octanol–water partition coefficient (Wildman–Crippen LogP) is 2.98. The van der Waals surface area contributed by atoms with E-state index >= 15 is 0 Å². The summed E-state index contributed by atoms with van der Waals surface area (Å²) in [5, 5.41) is 3.25. The fourth-order valence-corrected chi connectivity index (χ4v) is 1.86. The van der Waals surface area contributed by atoms with Crippen LogP contribution in [-0.2, 0) is 0 Å². The molecule has 0 saturated carbocycles. The molecule has 0 aliphatic heterocycles. The SMILES string of the molecule is CCCNc1cc(-c2ccc(OC)c(OC)c2)ncn1. The Morgan fingerprint density at radius 1 is 1.05 bits per heavy atom. The summed E-state index contributed by atoms with van der Waals surface area (Å²) in [7, 11) is 3.24. The number of methoxy groups -OCH3 is 2. The van der Waals surface area contributed by atoms with E-state index < -0.39 is 0 Å². The molecule has 1 N–H and O–H groups in total. The van der Waals surface area contributed by atoms with Gasteiger partial charge >= 0.3 is 0 Å². The van der Waals surface area contributed by atoms with Gasteiger partial charge in [0.25, 0.3) is 0 Å². The van der Waals surface area contributed by atoms with Crippen molar-refractivity contribution in [3.05, 3.63) is 30.6 Å². The van der Waals surface area contributed by atoms with Crippen LogP contribution in [0.4, 0.5) is 5.82 Å². The second-order valence-electron chi connectivity index (χ2n) is 4.29. The first-order chi connectivity index (χ1) is 9.78. The lowest BCUT2D eigenvalue weighted by Crippen LogP contribution is -2.02. The Bertz CT molecular complexity index is 573. The topological polar surface area (TPSA) is 56.3 Å². The Labute approximate surface area is 119 Å². The molecule has 2 aromatic rings. The lowest BCUT2D eigenvalue weighted by atomic mass is 10.1. The maximum absolute atomic E-state index is 5.31. The summed E-state index contributed by atoms with van der Waals surface area (Å²) in [6.07, 6.45) is 2.61. The molecule has 0 atom stereocenters. The monoisotopic (exact) mass is 273 g/mol. The highest BCUT2D eigenvalue weighted by molar-refractivity contribution is 5.66. The second kappa shape index (κ2) is 6.75. The number of hydrogen-bond donors (Lipinski definition) is 1. The third-order valence-corrected chi connectivity index (χ3v) is 2.90. The van der Waals surface area contributed by atoms with Crippen LogP contribution in [0.15, 0.2) is 30.6 Å². The van der Waals surface area contributed by atoms with Gasteiger partial charge in [-0.05, 0) is 24.6 Å². The van der Waals surface area contributed by atoms with Crippen molar-refractivity contribution in [2.45, 2.75) is 13.3 Å². The Morgan fingerprint density at radius 3 is 2.55 bits per heavy atom. The van der Waals surface area contributed by atoms with E-state index in [-0.39, 0.29) is 0 Å². The van der Waals surface area contributed by atoms with Crippen LogP contribution in [-0.4, -0.2) is 30.7 Å². The van der Waals surface area contributed by atoms with Gasteiger partial charge in [0.15, 0.2) is 11.5 Å². The van der Waals surface area contributed by atoms with Gasteiger partial charge in [0, 0.05) is 18.2 Å². The van der Waals surface area contributed by atoms with E-state index in [9.17, 15) is 0 Å². The first kappa shape index (κ1) is 14.1. The zero-order chi connectivity index (χ0) is 14.4. The van der Waals surface area contributed by atoms with E-state index in [4.69, 9.17) is 9.47 Å². The van der Waals surface area contributed by atoms with Crippen LogP contribution >= 0.6 is 0 Å². The Kier molecular flexibility index (Phi) is 4.76. The summed E-state index contributed by atoms with van der Waals surface area (Å²) < 4.78 is 10.5. The van der Waals surface area contributed by atoms with Crippen LogP contribution in [0.5, 0.6) is 11.5 Å². The summed E-state index contributed by atoms with van der Waals surface area (Å²) in [6.45, 7) is 3.01. The highest BCUT2D eigenvalue weighted by atomic mass is 16.5. The molecule has 0 fully saturated rings. The predicted molar refractivity (Wildman–Crippen MR) is 79.4 cm³/mol. The van der Waals surface area contributed by atoms with Gasteiger partial charge < -0.3 is 14.8 Å². The molecule has 1 heterocycles. The molecule has 1 aromatic carbocycles. The molecule has 0 aliphatic rings. The summed E-state index contributed by atoms with van der Waals surface area (Å²) >= 11 is 0. The van der Waals surface area contributed by atoms with Gasteiger partial charge in [-0.15, -0.1) is 0 Å². The molecule has 5 nitrogen and oxygen atoms in total. The van der Waals surface area contributed by atoms with E-state index in [0.29, 0.717) is 11.5 Å². The lowest BCUT2D eigenvalue weighted by molar-refractivity contribution is 0.355. The minimum Gasteiger partial charge on any atom is -0.493 e. The fraction of sp³-hybridized carbons (Fsp3) is 0.333. The quantitative estimate of drug-likeness (QED) is 0.876. The molecule has 0 saturated heterocycles. The van der Waals surface area contributed by atoms with Crippen molar-refractivity contribution in [2.24, 2.45) is 0 Å². The third kappa shape index (κ3) is 3.17. The van der Waals surface area contributed by atoms with Crippen molar-refractivity contribution >= 4 is 5.82 Å². The first-order valence-corrected chi connectivity index (χ1v) is 6.56. The zero-order valence-corrected chi connectivity index (χ0v) is 12.0. The molecule has 1 aromatic heterocycles.